The molecule has 0 saturated carbocycles. The van der Waals surface area contributed by atoms with E-state index in [4.69, 9.17) is 0 Å². The van der Waals surface area contributed by atoms with Gasteiger partial charge >= 0.3 is 0 Å². The number of nitro groups is 1. The first-order valence-corrected chi connectivity index (χ1v) is 4.81. The minimum absolute atomic E-state index is 0.129. The van der Waals surface area contributed by atoms with E-state index in [2.05, 4.69) is 5.43 Å². The van der Waals surface area contributed by atoms with Crippen molar-refractivity contribution in [3.8, 4) is 0 Å². The van der Waals surface area contributed by atoms with Gasteiger partial charge in [-0.1, -0.05) is 0 Å². The van der Waals surface area contributed by atoms with E-state index in [1.54, 1.807) is 24.6 Å². The standard InChI is InChI=1S/C9H11N5O3/c1-11-6-7(14(16)17)5-8(9(11)15)13-4-3-10-12(13)2/h3-6,10H,1-2H3. The van der Waals surface area contributed by atoms with Crippen LogP contribution in [0.2, 0.25) is 0 Å². The number of nitrogens with one attached hydrogen (secondary N) is 1. The van der Waals surface area contributed by atoms with Crippen LogP contribution in [0, 0.1) is 10.1 Å². The molecule has 1 aromatic heterocycles. The van der Waals surface area contributed by atoms with Crippen LogP contribution < -0.4 is 16.0 Å². The van der Waals surface area contributed by atoms with E-state index in [1.807, 2.05) is 0 Å². The second-order valence-corrected chi connectivity index (χ2v) is 3.57. The zero-order chi connectivity index (χ0) is 12.6. The van der Waals surface area contributed by atoms with Gasteiger partial charge in [-0.3, -0.25) is 19.9 Å². The van der Waals surface area contributed by atoms with Gasteiger partial charge in [0.15, 0.2) is 0 Å². The van der Waals surface area contributed by atoms with Crippen molar-refractivity contribution in [3.63, 3.8) is 0 Å². The number of aromatic nitrogens is 1. The normalized spacial score (nSPS) is 15.1. The van der Waals surface area contributed by atoms with Crippen molar-refractivity contribution < 1.29 is 4.92 Å². The van der Waals surface area contributed by atoms with Gasteiger partial charge in [0.05, 0.1) is 11.1 Å². The fraction of sp³-hybridized carbons (Fsp3) is 0.222. The molecule has 2 rings (SSSR count). The van der Waals surface area contributed by atoms with Crippen LogP contribution in [0.3, 0.4) is 0 Å². The molecule has 0 atom stereocenters. The number of pyridine rings is 1. The summed E-state index contributed by atoms with van der Waals surface area (Å²) in [7, 11) is 3.17. The molecule has 8 nitrogen and oxygen atoms in total. The minimum atomic E-state index is -0.532. The second-order valence-electron chi connectivity index (χ2n) is 3.57. The van der Waals surface area contributed by atoms with Crippen molar-refractivity contribution in [3.05, 3.63) is 45.1 Å². The van der Waals surface area contributed by atoms with Crippen molar-refractivity contribution in [2.75, 3.05) is 12.1 Å². The van der Waals surface area contributed by atoms with Gasteiger partial charge < -0.3 is 9.99 Å². The van der Waals surface area contributed by atoms with Gasteiger partial charge in [0.1, 0.15) is 5.69 Å². The van der Waals surface area contributed by atoms with E-state index in [0.29, 0.717) is 0 Å². The van der Waals surface area contributed by atoms with Crippen LogP contribution in [0.1, 0.15) is 0 Å². The van der Waals surface area contributed by atoms with Crippen molar-refractivity contribution in [2.24, 2.45) is 7.05 Å². The summed E-state index contributed by atoms with van der Waals surface area (Å²) in [4.78, 5) is 22.1. The van der Waals surface area contributed by atoms with E-state index >= 15 is 0 Å². The van der Waals surface area contributed by atoms with Crippen LogP contribution in [0.15, 0.2) is 29.5 Å². The Morgan fingerprint density at radius 2 is 2.12 bits per heavy atom. The Labute approximate surface area is 96.4 Å². The predicted molar refractivity (Wildman–Crippen MR) is 60.9 cm³/mol. The highest BCUT2D eigenvalue weighted by molar-refractivity contribution is 5.52. The van der Waals surface area contributed by atoms with Crippen molar-refractivity contribution in [1.29, 1.82) is 0 Å². The highest BCUT2D eigenvalue weighted by Gasteiger charge is 2.20. The fourth-order valence-corrected chi connectivity index (χ4v) is 1.56. The number of hydrogen-bond acceptors (Lipinski definition) is 6. The van der Waals surface area contributed by atoms with Crippen LogP contribution in [0.25, 0.3) is 0 Å². The molecule has 0 fully saturated rings. The summed E-state index contributed by atoms with van der Waals surface area (Å²) in [6.07, 6.45) is 4.43. The minimum Gasteiger partial charge on any atom is -0.310 e. The molecule has 1 aromatic rings. The summed E-state index contributed by atoms with van der Waals surface area (Å²) >= 11 is 0. The van der Waals surface area contributed by atoms with Crippen LogP contribution >= 0.6 is 0 Å². The lowest BCUT2D eigenvalue weighted by Crippen LogP contribution is -2.41. The summed E-state index contributed by atoms with van der Waals surface area (Å²) in [5, 5.41) is 13.8. The van der Waals surface area contributed by atoms with Crippen LogP contribution in [0.4, 0.5) is 11.4 Å². The summed E-state index contributed by atoms with van der Waals surface area (Å²) < 4.78 is 1.19. The fourth-order valence-electron chi connectivity index (χ4n) is 1.56. The molecule has 0 unspecified atom stereocenters. The molecule has 0 amide bonds. The molecular weight excluding hydrogens is 226 g/mol. The van der Waals surface area contributed by atoms with Gasteiger partial charge in [-0.05, 0) is 0 Å². The summed E-state index contributed by atoms with van der Waals surface area (Å²) in [5.41, 5.74) is 2.60. The predicted octanol–water partition coefficient (Wildman–Crippen LogP) is -0.0639. The van der Waals surface area contributed by atoms with Crippen molar-refractivity contribution >= 4 is 11.4 Å². The molecule has 8 heteroatoms. The average Bonchev–Trinajstić information content (AvgIpc) is 2.68. The molecule has 1 N–H and O–H groups in total. The van der Waals surface area contributed by atoms with Crippen molar-refractivity contribution in [2.45, 2.75) is 0 Å². The molecule has 0 aromatic carbocycles. The molecule has 1 aliphatic heterocycles. The van der Waals surface area contributed by atoms with E-state index in [-0.39, 0.29) is 16.9 Å². The number of aryl methyl sites for hydroxylation is 1. The van der Waals surface area contributed by atoms with E-state index < -0.39 is 4.92 Å². The quantitative estimate of drug-likeness (QED) is 0.573. The largest absolute Gasteiger partial charge is 0.310 e. The van der Waals surface area contributed by atoms with Crippen molar-refractivity contribution in [1.82, 2.24) is 15.1 Å². The van der Waals surface area contributed by atoms with Gasteiger partial charge in [-0.25, -0.2) is 0 Å². The Kier molecular flexibility index (Phi) is 2.56. The van der Waals surface area contributed by atoms with E-state index in [9.17, 15) is 14.9 Å². The molecule has 90 valence electrons. The lowest BCUT2D eigenvalue weighted by atomic mass is 10.3. The number of nitrogens with zero attached hydrogens (tertiary/aromatic N) is 4. The Bertz CT molecular complexity index is 550. The maximum Gasteiger partial charge on any atom is 0.287 e. The Morgan fingerprint density at radius 3 is 2.65 bits per heavy atom. The number of hydrogen-bond donors (Lipinski definition) is 1. The highest BCUT2D eigenvalue weighted by atomic mass is 16.6. The SMILES string of the molecule is CN1NC=CN1c1cc([N+](=O)[O-])cn(C)c1=O. The third-order valence-electron chi connectivity index (χ3n) is 2.41. The lowest BCUT2D eigenvalue weighted by molar-refractivity contribution is -0.385. The molecule has 0 aliphatic carbocycles. The van der Waals surface area contributed by atoms with Crippen LogP contribution in [-0.2, 0) is 7.05 Å². The van der Waals surface area contributed by atoms with Crippen LogP contribution in [-0.4, -0.2) is 21.7 Å². The Balaban J connectivity index is 2.56. The lowest BCUT2D eigenvalue weighted by Gasteiger charge is -2.23. The smallest absolute Gasteiger partial charge is 0.287 e. The van der Waals surface area contributed by atoms with Gasteiger partial charge in [-0.15, -0.1) is 5.12 Å². The third-order valence-corrected chi connectivity index (χ3v) is 2.41. The van der Waals surface area contributed by atoms with Crippen LogP contribution in [0.5, 0.6) is 0 Å². The highest BCUT2D eigenvalue weighted by Crippen LogP contribution is 2.18. The molecule has 0 bridgehead atoms. The van der Waals surface area contributed by atoms with Gasteiger partial charge in [-0.2, -0.15) is 0 Å². The van der Waals surface area contributed by atoms with E-state index in [0.717, 1.165) is 0 Å². The topological polar surface area (TPSA) is 83.6 Å². The average molecular weight is 237 g/mol. The van der Waals surface area contributed by atoms with Gasteiger partial charge in [0, 0.05) is 32.6 Å². The first kappa shape index (κ1) is 11.1. The molecule has 1 aliphatic rings. The molecule has 0 spiro atoms. The maximum atomic E-state index is 11.9. The van der Waals surface area contributed by atoms with E-state index in [1.165, 1.54) is 28.9 Å². The number of hydrazine groups is 2. The molecule has 0 radical (unpaired) electrons. The maximum absolute atomic E-state index is 11.9. The monoisotopic (exact) mass is 237 g/mol. The molecular formula is C9H11N5O3. The van der Waals surface area contributed by atoms with Gasteiger partial charge in [0.25, 0.3) is 11.2 Å². The first-order valence-electron chi connectivity index (χ1n) is 4.81. The third kappa shape index (κ3) is 1.85. The Hall–Kier alpha value is -2.35. The first-order chi connectivity index (χ1) is 8.00. The molecule has 2 heterocycles. The summed E-state index contributed by atoms with van der Waals surface area (Å²) in [5.74, 6) is 0. The number of anilines is 1. The Morgan fingerprint density at radius 1 is 1.41 bits per heavy atom. The zero-order valence-corrected chi connectivity index (χ0v) is 9.32. The van der Waals surface area contributed by atoms with Gasteiger partial charge in [0.2, 0.25) is 0 Å². The molecule has 0 saturated heterocycles. The number of rotatable bonds is 2. The summed E-state index contributed by atoms with van der Waals surface area (Å²) in [6, 6.07) is 1.25. The zero-order valence-electron chi connectivity index (χ0n) is 9.32. The second kappa shape index (κ2) is 3.91. The molecule has 17 heavy (non-hydrogen) atoms. The summed E-state index contributed by atoms with van der Waals surface area (Å²) in [6.45, 7) is 0.